The lowest BCUT2D eigenvalue weighted by Crippen LogP contribution is -2.60. The van der Waals surface area contributed by atoms with E-state index >= 15 is 0 Å². The Morgan fingerprint density at radius 2 is 1.67 bits per heavy atom. The summed E-state index contributed by atoms with van der Waals surface area (Å²) in [5.41, 5.74) is -2.36. The number of ether oxygens (including phenoxy) is 7. The van der Waals surface area contributed by atoms with E-state index in [1.165, 1.54) is 0 Å². The van der Waals surface area contributed by atoms with Gasteiger partial charge in [0.1, 0.15) is 35.4 Å². The predicted molar refractivity (Wildman–Crippen MR) is 191 cm³/mol. The first-order chi connectivity index (χ1) is 24.5. The van der Waals surface area contributed by atoms with Crippen LogP contribution >= 0.6 is 0 Å². The Labute approximate surface area is 309 Å². The quantitative estimate of drug-likeness (QED) is 0.410. The highest BCUT2D eigenvalue weighted by Gasteiger charge is 2.57. The molecule has 1 aromatic rings. The maximum atomic E-state index is 14.5. The molecule has 4 fully saturated rings. The minimum absolute atomic E-state index is 0.0443. The lowest BCUT2D eigenvalue weighted by Gasteiger charge is -2.48. The number of carbonyl (C=O) groups excluding carboxylic acids is 3. The zero-order valence-corrected chi connectivity index (χ0v) is 32.6. The van der Waals surface area contributed by atoms with Crippen LogP contribution in [0.2, 0.25) is 0 Å². The molecule has 0 aromatic heterocycles. The number of carbonyl (C=O) groups is 3. The molecule has 12 nitrogen and oxygen atoms in total. The average Bonchev–Trinajstić information content (AvgIpc) is 3.43. The van der Waals surface area contributed by atoms with Gasteiger partial charge < -0.3 is 43.2 Å². The van der Waals surface area contributed by atoms with E-state index in [1.54, 1.807) is 13.8 Å². The minimum Gasteiger partial charge on any atom is -0.486 e. The number of esters is 2. The Balaban J connectivity index is 1.62. The number of likely N-dealkylation sites (N-methyl/N-ethyl adjacent to an activating group) is 1. The molecule has 52 heavy (non-hydrogen) atoms. The van der Waals surface area contributed by atoms with Gasteiger partial charge in [0.25, 0.3) is 0 Å². The van der Waals surface area contributed by atoms with Crippen molar-refractivity contribution >= 4 is 17.7 Å². The van der Waals surface area contributed by atoms with Gasteiger partial charge in [-0.15, -0.1) is 0 Å². The molecule has 292 valence electrons. The first kappa shape index (κ1) is 40.6. The first-order valence-corrected chi connectivity index (χ1v) is 19.1. The van der Waals surface area contributed by atoms with Crippen molar-refractivity contribution in [3.63, 3.8) is 0 Å². The maximum absolute atomic E-state index is 14.5. The topological polar surface area (TPSA) is 139 Å². The van der Waals surface area contributed by atoms with Crippen LogP contribution in [0.25, 0.3) is 0 Å². The lowest BCUT2D eigenvalue weighted by atomic mass is 9.70. The van der Waals surface area contributed by atoms with Gasteiger partial charge in [0, 0.05) is 29.7 Å². The monoisotopic (exact) mass is 731 g/mol. The van der Waals surface area contributed by atoms with E-state index < -0.39 is 89.5 Å². The fourth-order valence-electron chi connectivity index (χ4n) is 9.18. The van der Waals surface area contributed by atoms with Crippen LogP contribution in [0.5, 0.6) is 5.75 Å². The second-order valence-corrected chi connectivity index (χ2v) is 16.3. The van der Waals surface area contributed by atoms with E-state index in [1.807, 2.05) is 90.9 Å². The van der Waals surface area contributed by atoms with Gasteiger partial charge in [-0.05, 0) is 73.2 Å². The van der Waals surface area contributed by atoms with Crippen molar-refractivity contribution < 1.29 is 52.6 Å². The summed E-state index contributed by atoms with van der Waals surface area (Å²) in [6, 6.07) is 9.15. The van der Waals surface area contributed by atoms with Crippen LogP contribution in [0.4, 0.5) is 0 Å². The number of hydrogen-bond acceptors (Lipinski definition) is 12. The molecule has 1 unspecified atom stereocenters. The smallest absolute Gasteiger partial charge is 0.311 e. The molecule has 0 spiro atoms. The number of cyclic esters (lactones) is 1. The van der Waals surface area contributed by atoms with Gasteiger partial charge in [0.05, 0.1) is 49.5 Å². The molecule has 1 N–H and O–H groups in total. The van der Waals surface area contributed by atoms with Crippen molar-refractivity contribution in [2.75, 3.05) is 27.3 Å². The second-order valence-electron chi connectivity index (χ2n) is 16.3. The number of ketones is 1. The highest BCUT2D eigenvalue weighted by atomic mass is 16.7. The minimum atomic E-state index is -1.19. The van der Waals surface area contributed by atoms with Gasteiger partial charge in [0.2, 0.25) is 0 Å². The van der Waals surface area contributed by atoms with Crippen LogP contribution < -0.4 is 4.74 Å². The summed E-state index contributed by atoms with van der Waals surface area (Å²) in [5, 5.41) is 11.6. The van der Waals surface area contributed by atoms with Crippen molar-refractivity contribution in [3.8, 4) is 5.75 Å². The Morgan fingerprint density at radius 1 is 0.981 bits per heavy atom. The third-order valence-corrected chi connectivity index (χ3v) is 12.1. The molecule has 1 aromatic carbocycles. The number of fused-ring (bicyclic) bond motifs is 4. The van der Waals surface area contributed by atoms with Gasteiger partial charge >= 0.3 is 11.9 Å². The second kappa shape index (κ2) is 16.4. The van der Waals surface area contributed by atoms with Crippen molar-refractivity contribution in [3.05, 3.63) is 30.3 Å². The fourth-order valence-corrected chi connectivity index (χ4v) is 9.18. The maximum Gasteiger partial charge on any atom is 0.311 e. The number of aliphatic hydroxyl groups excluding tert-OH is 1. The standard InChI is InChI=1S/C40H61NO11/c1-11-31-40(8)29(18-32(42)52-40)24(4)33(43)22(2)19-39(7)36(51-38-34(44)30(41(9)10)17-23(3)48-38)25(5)35(26(6)37(45)50-31)46-20-28(21-47-39)49-27-15-13-12-14-16-27/h12-16,22-26,28-31,34-36,38,44H,11,17-21H2,1-10H3/t22-,23-,24-,25-,26-,28?,29+,30+,31-,34-,35+,36-,38+,39-,40+/m1/s1. The molecule has 0 amide bonds. The molecule has 4 aliphatic heterocycles. The van der Waals surface area contributed by atoms with Crippen LogP contribution in [0.3, 0.4) is 0 Å². The molecule has 0 radical (unpaired) electrons. The van der Waals surface area contributed by atoms with Crippen molar-refractivity contribution in [2.45, 2.75) is 141 Å². The summed E-state index contributed by atoms with van der Waals surface area (Å²) in [6.07, 6.45) is -3.91. The van der Waals surface area contributed by atoms with Gasteiger partial charge in [0.15, 0.2) is 6.29 Å². The van der Waals surface area contributed by atoms with Crippen LogP contribution in [0, 0.1) is 29.6 Å². The Morgan fingerprint density at radius 3 is 2.33 bits per heavy atom. The largest absolute Gasteiger partial charge is 0.486 e. The van der Waals surface area contributed by atoms with Gasteiger partial charge in [-0.1, -0.05) is 45.9 Å². The van der Waals surface area contributed by atoms with Crippen molar-refractivity contribution in [1.82, 2.24) is 4.90 Å². The summed E-state index contributed by atoms with van der Waals surface area (Å²) >= 11 is 0. The van der Waals surface area contributed by atoms with Gasteiger partial charge in [-0.25, -0.2) is 0 Å². The third kappa shape index (κ3) is 8.37. The SMILES string of the molecule is CC[C@H]1OC(=O)[C@H](C)[C@H]2OCC(Oc3ccccc3)CO[C@](C)(C[C@@H](C)C(=O)[C@H](C)[C@@H]3CC(=O)O[C@]13C)[C@H](O[C@@H]1O[C@H](C)C[C@H](N(C)C)[C@H]1O)[C@@H]2C. The summed E-state index contributed by atoms with van der Waals surface area (Å²) in [5.74, 6) is -3.35. The average molecular weight is 732 g/mol. The zero-order chi connectivity index (χ0) is 38.1. The molecule has 15 atom stereocenters. The molecule has 4 saturated heterocycles. The van der Waals surface area contributed by atoms with E-state index in [0.717, 1.165) is 0 Å². The van der Waals surface area contributed by atoms with E-state index in [4.69, 9.17) is 33.2 Å². The molecule has 2 bridgehead atoms. The Kier molecular flexibility index (Phi) is 12.8. The number of aliphatic hydroxyl groups is 1. The summed E-state index contributed by atoms with van der Waals surface area (Å²) in [7, 11) is 3.83. The molecule has 12 heteroatoms. The number of para-hydroxylation sites is 1. The van der Waals surface area contributed by atoms with E-state index in [0.29, 0.717) is 18.6 Å². The number of rotatable bonds is 6. The fraction of sp³-hybridized carbons (Fsp3) is 0.775. The first-order valence-electron chi connectivity index (χ1n) is 19.1. The molecule has 5 rings (SSSR count). The summed E-state index contributed by atoms with van der Waals surface area (Å²) in [6.45, 7) is 15.1. The van der Waals surface area contributed by atoms with Crippen LogP contribution in [0.15, 0.2) is 30.3 Å². The highest BCUT2D eigenvalue weighted by Crippen LogP contribution is 2.46. The highest BCUT2D eigenvalue weighted by molar-refractivity contribution is 5.85. The Bertz CT molecular complexity index is 1390. The molecular weight excluding hydrogens is 670 g/mol. The molecule has 0 aliphatic carbocycles. The van der Waals surface area contributed by atoms with E-state index in [9.17, 15) is 19.5 Å². The van der Waals surface area contributed by atoms with E-state index in [2.05, 4.69) is 0 Å². The van der Waals surface area contributed by atoms with Crippen molar-refractivity contribution in [1.29, 1.82) is 0 Å². The van der Waals surface area contributed by atoms with Crippen LogP contribution in [-0.2, 0) is 42.8 Å². The molecule has 4 aliphatic rings. The third-order valence-electron chi connectivity index (χ3n) is 12.1. The van der Waals surface area contributed by atoms with E-state index in [-0.39, 0.29) is 44.0 Å². The molecule has 4 heterocycles. The van der Waals surface area contributed by atoms with Crippen LogP contribution in [0.1, 0.15) is 81.1 Å². The molecular formula is C40H61NO11. The lowest BCUT2D eigenvalue weighted by molar-refractivity contribution is -0.303. The van der Waals surface area contributed by atoms with Gasteiger partial charge in [-0.2, -0.15) is 0 Å². The zero-order valence-electron chi connectivity index (χ0n) is 32.6. The van der Waals surface area contributed by atoms with Crippen molar-refractivity contribution in [2.24, 2.45) is 29.6 Å². The summed E-state index contributed by atoms with van der Waals surface area (Å²) < 4.78 is 45.3. The number of Topliss-reactive ketones (excluding diaryl/α,β-unsaturated/α-hetero) is 1. The van der Waals surface area contributed by atoms with Crippen LogP contribution in [-0.4, -0.2) is 115 Å². The van der Waals surface area contributed by atoms with Gasteiger partial charge in [-0.3, -0.25) is 14.4 Å². The molecule has 0 saturated carbocycles. The number of hydrogen-bond donors (Lipinski definition) is 1. The summed E-state index contributed by atoms with van der Waals surface area (Å²) in [4.78, 5) is 43.6. The Hall–Kier alpha value is -2.61. The predicted octanol–water partition coefficient (Wildman–Crippen LogP) is 4.58. The number of nitrogens with zero attached hydrogens (tertiary/aromatic N) is 1. The normalized spacial score (nSPS) is 43.8. The number of benzene rings is 1.